The second-order valence-electron chi connectivity index (χ2n) is 11.5. The number of carbonyl (C=O) groups excluding carboxylic acids is 3. The first-order valence-corrected chi connectivity index (χ1v) is 13.7. The topological polar surface area (TPSA) is 134 Å². The monoisotopic (exact) mass is 564 g/mol. The number of aromatic nitrogens is 4. The lowest BCUT2D eigenvalue weighted by atomic mass is 9.91. The van der Waals surface area contributed by atoms with Crippen LogP contribution in [-0.4, -0.2) is 67.6 Å². The van der Waals surface area contributed by atoms with Crippen molar-refractivity contribution in [2.45, 2.75) is 58.0 Å². The molecule has 1 saturated heterocycles. The molecule has 1 aliphatic heterocycles. The van der Waals surface area contributed by atoms with Crippen molar-refractivity contribution in [2.24, 2.45) is 13.0 Å². The van der Waals surface area contributed by atoms with E-state index in [1.165, 1.54) is 16.8 Å². The lowest BCUT2D eigenvalue weighted by Gasteiger charge is -2.34. The number of benzene rings is 2. The summed E-state index contributed by atoms with van der Waals surface area (Å²) in [6.45, 7) is 6.63. The van der Waals surface area contributed by atoms with E-state index in [2.05, 4.69) is 31.5 Å². The zero-order valence-corrected chi connectivity index (χ0v) is 23.9. The molecule has 0 bridgehead atoms. The fourth-order valence-corrected chi connectivity index (χ4v) is 4.92. The molecule has 12 heteroatoms. The number of aryl methyl sites for hydroxylation is 1. The maximum atomic E-state index is 13.4. The van der Waals surface area contributed by atoms with Gasteiger partial charge in [0.2, 0.25) is 11.8 Å². The van der Waals surface area contributed by atoms with Crippen LogP contribution in [0.3, 0.4) is 0 Å². The number of likely N-dealkylation sites (tertiary alicyclic amines) is 1. The van der Waals surface area contributed by atoms with Gasteiger partial charge in [0.15, 0.2) is 5.82 Å². The van der Waals surface area contributed by atoms with Gasteiger partial charge in [-0.15, -0.1) is 5.10 Å². The Balaban J connectivity index is 1.41. The van der Waals surface area contributed by atoms with Gasteiger partial charge in [-0.05, 0) is 86.2 Å². The minimum atomic E-state index is -1.08. The van der Waals surface area contributed by atoms with Crippen LogP contribution in [0.25, 0.3) is 11.4 Å². The summed E-state index contributed by atoms with van der Waals surface area (Å²) in [7, 11) is 1.71. The molecule has 1 aromatic heterocycles. The molecule has 0 radical (unpaired) electrons. The molecule has 11 nitrogen and oxygen atoms in total. The number of anilines is 1. The fourth-order valence-electron chi connectivity index (χ4n) is 4.92. The van der Waals surface area contributed by atoms with Gasteiger partial charge in [0, 0.05) is 36.9 Å². The summed E-state index contributed by atoms with van der Waals surface area (Å²) < 4.78 is 14.8. The number of hydrogen-bond acceptors (Lipinski definition) is 6. The lowest BCUT2D eigenvalue weighted by molar-refractivity contribution is -0.136. The largest absolute Gasteiger partial charge is 0.350 e. The molecule has 2 heterocycles. The standard InChI is InChI=1S/C29H37FN8O3/c1-29(2,3)33-27(40)24(32-28(41)31-23-9-5-8-21(16-23)26-34-35-36-37(26)4)17-25(39)38-14-6-7-20(18-38)15-19-10-12-22(30)13-11-19/h5,8-13,16,20,24H,6-7,14-15,17-18H2,1-4H3,(H,33,40)(H2,31,32,41)/t20-,24-/m0/s1. The van der Waals surface area contributed by atoms with Gasteiger partial charge in [-0.3, -0.25) is 9.59 Å². The Bertz CT molecular complexity index is 1370. The van der Waals surface area contributed by atoms with Crippen LogP contribution in [-0.2, 0) is 23.1 Å². The molecule has 2 aromatic carbocycles. The Kier molecular flexibility index (Phi) is 9.31. The Morgan fingerprint density at radius 3 is 2.56 bits per heavy atom. The number of amides is 4. The van der Waals surface area contributed by atoms with Gasteiger partial charge in [-0.25, -0.2) is 13.9 Å². The maximum absolute atomic E-state index is 13.4. The van der Waals surface area contributed by atoms with Crippen molar-refractivity contribution in [3.63, 3.8) is 0 Å². The predicted molar refractivity (Wildman–Crippen MR) is 152 cm³/mol. The van der Waals surface area contributed by atoms with Gasteiger partial charge in [-0.1, -0.05) is 24.3 Å². The number of nitrogens with one attached hydrogen (secondary N) is 3. The molecule has 3 aromatic rings. The number of halogens is 1. The van der Waals surface area contributed by atoms with Crippen molar-refractivity contribution < 1.29 is 18.8 Å². The van der Waals surface area contributed by atoms with Crippen molar-refractivity contribution in [1.82, 2.24) is 35.7 Å². The highest BCUT2D eigenvalue weighted by Crippen LogP contribution is 2.23. The number of piperidine rings is 1. The Morgan fingerprint density at radius 2 is 1.88 bits per heavy atom. The van der Waals surface area contributed by atoms with Crippen molar-refractivity contribution in [3.8, 4) is 11.4 Å². The van der Waals surface area contributed by atoms with Crippen molar-refractivity contribution in [1.29, 1.82) is 0 Å². The van der Waals surface area contributed by atoms with Gasteiger partial charge < -0.3 is 20.9 Å². The van der Waals surface area contributed by atoms with Crippen LogP contribution in [0.15, 0.2) is 48.5 Å². The normalized spacial score (nSPS) is 16.1. The summed E-state index contributed by atoms with van der Waals surface area (Å²) in [6, 6.07) is 11.7. The zero-order chi connectivity index (χ0) is 29.6. The number of tetrazole rings is 1. The Labute approximate surface area is 238 Å². The molecule has 2 atom stereocenters. The number of urea groups is 1. The van der Waals surface area contributed by atoms with Crippen LogP contribution in [0.2, 0.25) is 0 Å². The fraction of sp³-hybridized carbons (Fsp3) is 0.448. The van der Waals surface area contributed by atoms with Crippen molar-refractivity contribution >= 4 is 23.5 Å². The van der Waals surface area contributed by atoms with Crippen molar-refractivity contribution in [2.75, 3.05) is 18.4 Å². The molecule has 218 valence electrons. The van der Waals surface area contributed by atoms with Crippen LogP contribution in [0.1, 0.15) is 45.6 Å². The smallest absolute Gasteiger partial charge is 0.319 e. The van der Waals surface area contributed by atoms with E-state index in [-0.39, 0.29) is 24.1 Å². The summed E-state index contributed by atoms with van der Waals surface area (Å²) in [5.41, 5.74) is 1.64. The van der Waals surface area contributed by atoms with E-state index >= 15 is 0 Å². The van der Waals surface area contributed by atoms with Gasteiger partial charge >= 0.3 is 6.03 Å². The summed E-state index contributed by atoms with van der Waals surface area (Å²) in [4.78, 5) is 41.3. The second kappa shape index (κ2) is 12.9. The van der Waals surface area contributed by atoms with Gasteiger partial charge in [0.05, 0.1) is 6.42 Å². The first-order valence-electron chi connectivity index (χ1n) is 13.7. The third-order valence-electron chi connectivity index (χ3n) is 6.81. The van der Waals surface area contributed by atoms with E-state index in [1.54, 1.807) is 42.3 Å². The number of carbonyl (C=O) groups is 3. The van der Waals surface area contributed by atoms with Crippen molar-refractivity contribution in [3.05, 3.63) is 59.9 Å². The summed E-state index contributed by atoms with van der Waals surface area (Å²) >= 11 is 0. The second-order valence-corrected chi connectivity index (χ2v) is 11.5. The average molecular weight is 565 g/mol. The van der Waals surface area contributed by atoms with Crippen LogP contribution >= 0.6 is 0 Å². The summed E-state index contributed by atoms with van der Waals surface area (Å²) in [6.07, 6.45) is 2.35. The summed E-state index contributed by atoms with van der Waals surface area (Å²) in [5, 5.41) is 19.8. The van der Waals surface area contributed by atoms with Crippen LogP contribution in [0.4, 0.5) is 14.9 Å². The highest BCUT2D eigenvalue weighted by molar-refractivity contribution is 5.96. The average Bonchev–Trinajstić information content (AvgIpc) is 3.34. The quantitative estimate of drug-likeness (QED) is 0.385. The highest BCUT2D eigenvalue weighted by Gasteiger charge is 2.31. The third-order valence-corrected chi connectivity index (χ3v) is 6.81. The van der Waals surface area contributed by atoms with E-state index in [4.69, 9.17) is 0 Å². The minimum absolute atomic E-state index is 0.177. The zero-order valence-electron chi connectivity index (χ0n) is 23.9. The van der Waals surface area contributed by atoms with E-state index in [0.717, 1.165) is 24.8 Å². The summed E-state index contributed by atoms with van der Waals surface area (Å²) in [5.74, 6) is -0.172. The van der Waals surface area contributed by atoms with Gasteiger partial charge in [0.1, 0.15) is 11.9 Å². The molecule has 0 saturated carbocycles. The molecule has 0 aliphatic carbocycles. The molecule has 41 heavy (non-hydrogen) atoms. The van der Waals surface area contributed by atoms with Gasteiger partial charge in [-0.2, -0.15) is 0 Å². The SMILES string of the molecule is Cn1nnnc1-c1cccc(NC(=O)N[C@@H](CC(=O)N2CCC[C@@H](Cc3ccc(F)cc3)C2)C(=O)NC(C)(C)C)c1. The number of hydrogen-bond donors (Lipinski definition) is 3. The molecule has 1 fully saturated rings. The molecule has 4 amide bonds. The molecule has 1 aliphatic rings. The molecule has 0 spiro atoms. The highest BCUT2D eigenvalue weighted by atomic mass is 19.1. The first kappa shape index (κ1) is 29.6. The maximum Gasteiger partial charge on any atom is 0.319 e. The Morgan fingerprint density at radius 1 is 1.12 bits per heavy atom. The number of rotatable bonds is 8. The van der Waals surface area contributed by atoms with Crippen LogP contribution in [0.5, 0.6) is 0 Å². The lowest BCUT2D eigenvalue weighted by Crippen LogP contribution is -2.55. The van der Waals surface area contributed by atoms with Crippen LogP contribution in [0, 0.1) is 11.7 Å². The van der Waals surface area contributed by atoms with E-state index in [1.807, 2.05) is 26.8 Å². The van der Waals surface area contributed by atoms with E-state index in [9.17, 15) is 18.8 Å². The van der Waals surface area contributed by atoms with E-state index < -0.39 is 23.5 Å². The van der Waals surface area contributed by atoms with Crippen LogP contribution < -0.4 is 16.0 Å². The predicted octanol–water partition coefficient (Wildman–Crippen LogP) is 3.29. The molecular formula is C29H37FN8O3. The minimum Gasteiger partial charge on any atom is -0.350 e. The van der Waals surface area contributed by atoms with Gasteiger partial charge in [0.25, 0.3) is 0 Å². The first-order chi connectivity index (χ1) is 19.5. The molecule has 0 unspecified atom stereocenters. The molecular weight excluding hydrogens is 527 g/mol. The molecule has 3 N–H and O–H groups in total. The Hall–Kier alpha value is -4.35. The third kappa shape index (κ3) is 8.57. The van der Waals surface area contributed by atoms with E-state index in [0.29, 0.717) is 30.2 Å². The molecule has 4 rings (SSSR count). The number of nitrogens with zero attached hydrogens (tertiary/aromatic N) is 5.